The van der Waals surface area contributed by atoms with Gasteiger partial charge < -0.3 is 10.8 Å². The summed E-state index contributed by atoms with van der Waals surface area (Å²) in [6, 6.07) is 16.1. The number of hydrogen-bond acceptors (Lipinski definition) is 5. The summed E-state index contributed by atoms with van der Waals surface area (Å²) in [5.74, 6) is 1.02. The lowest BCUT2D eigenvalue weighted by Gasteiger charge is -2.26. The second-order valence-electron chi connectivity index (χ2n) is 9.75. The first-order valence-electron chi connectivity index (χ1n) is 11.7. The van der Waals surface area contributed by atoms with Crippen molar-refractivity contribution in [2.24, 2.45) is 10.7 Å². The van der Waals surface area contributed by atoms with Gasteiger partial charge in [-0.25, -0.2) is 9.48 Å². The van der Waals surface area contributed by atoms with Gasteiger partial charge in [0.1, 0.15) is 11.5 Å². The molecule has 0 aliphatic heterocycles. The molecule has 7 heteroatoms. The highest BCUT2D eigenvalue weighted by Gasteiger charge is 2.27. The van der Waals surface area contributed by atoms with Crippen LogP contribution in [0.15, 0.2) is 64.3 Å². The van der Waals surface area contributed by atoms with E-state index in [2.05, 4.69) is 64.3 Å². The van der Waals surface area contributed by atoms with Crippen LogP contribution in [0.1, 0.15) is 55.5 Å². The number of aliphatic imine (C=N–C) groups is 1. The third kappa shape index (κ3) is 5.17. The molecule has 0 saturated heterocycles. The molecular formula is C28H32N4OS2. The van der Waals surface area contributed by atoms with Crippen molar-refractivity contribution in [1.82, 2.24) is 9.47 Å². The standard InChI is InChI=1S/C28H32N4OS2/c1-17(2)22-14-19(15-23(18(3)4)26(22)33)24-16-35-28(31-24)32(5,6)21-11-9-20(10-12-21)30-27(29)25-8-7-13-34-25/h7-18H,1-6H3,(H2-,29,30,33). The van der Waals surface area contributed by atoms with Crippen LogP contribution in [0.2, 0.25) is 0 Å². The molecule has 0 unspecified atom stereocenters. The van der Waals surface area contributed by atoms with Gasteiger partial charge in [0.15, 0.2) is 0 Å². The van der Waals surface area contributed by atoms with Gasteiger partial charge in [-0.05, 0) is 47.5 Å². The normalized spacial score (nSPS) is 12.6. The molecule has 2 heterocycles. The van der Waals surface area contributed by atoms with E-state index in [1.54, 1.807) is 22.7 Å². The van der Waals surface area contributed by atoms with Crippen molar-refractivity contribution in [3.8, 4) is 17.0 Å². The molecule has 0 aliphatic carbocycles. The number of thiazole rings is 1. The number of nitrogens with zero attached hydrogens (tertiary/aromatic N) is 3. The summed E-state index contributed by atoms with van der Waals surface area (Å²) in [5.41, 5.74) is 11.7. The van der Waals surface area contributed by atoms with Crippen molar-refractivity contribution in [2.45, 2.75) is 39.5 Å². The molecule has 0 atom stereocenters. The number of thiophene rings is 1. The lowest BCUT2D eigenvalue weighted by atomic mass is 9.91. The minimum atomic E-state index is 0.160. The fraction of sp³-hybridized carbons (Fsp3) is 0.286. The number of quaternary nitrogens is 1. The average molecular weight is 505 g/mol. The summed E-state index contributed by atoms with van der Waals surface area (Å²) in [7, 11) is 4.25. The van der Waals surface area contributed by atoms with Gasteiger partial charge in [0.25, 0.3) is 5.13 Å². The van der Waals surface area contributed by atoms with Crippen LogP contribution in [0.4, 0.5) is 16.5 Å². The van der Waals surface area contributed by atoms with Crippen LogP contribution in [0.3, 0.4) is 0 Å². The molecule has 4 rings (SSSR count). The van der Waals surface area contributed by atoms with Gasteiger partial charge in [-0.3, -0.25) is 0 Å². The molecule has 0 bridgehead atoms. The molecule has 5 nitrogen and oxygen atoms in total. The molecule has 4 aromatic rings. The zero-order valence-electron chi connectivity index (χ0n) is 21.1. The van der Waals surface area contributed by atoms with Crippen LogP contribution in [0, 0.1) is 0 Å². The molecule has 35 heavy (non-hydrogen) atoms. The Balaban J connectivity index is 1.63. The molecule has 2 aromatic heterocycles. The van der Waals surface area contributed by atoms with Crippen molar-refractivity contribution in [2.75, 3.05) is 14.1 Å². The van der Waals surface area contributed by atoms with E-state index in [1.165, 1.54) is 0 Å². The van der Waals surface area contributed by atoms with Crippen molar-refractivity contribution < 1.29 is 5.11 Å². The molecule has 182 valence electrons. The number of rotatable bonds is 7. The second kappa shape index (κ2) is 9.93. The van der Waals surface area contributed by atoms with Crippen molar-refractivity contribution in [3.05, 3.63) is 75.3 Å². The topological polar surface area (TPSA) is 74.3 Å². The Morgan fingerprint density at radius 1 is 0.971 bits per heavy atom. The quantitative estimate of drug-likeness (QED) is 0.165. The van der Waals surface area contributed by atoms with Gasteiger partial charge in [-0.1, -0.05) is 56.2 Å². The molecular weight excluding hydrogens is 472 g/mol. The van der Waals surface area contributed by atoms with Gasteiger partial charge >= 0.3 is 0 Å². The Labute approximate surface area is 215 Å². The number of aromatic nitrogens is 1. The predicted octanol–water partition coefficient (Wildman–Crippen LogP) is 7.13. The summed E-state index contributed by atoms with van der Waals surface area (Å²) < 4.78 is 0.503. The Hall–Kier alpha value is -3.00. The summed E-state index contributed by atoms with van der Waals surface area (Å²) in [4.78, 5) is 10.5. The Morgan fingerprint density at radius 2 is 1.60 bits per heavy atom. The van der Waals surface area contributed by atoms with E-state index >= 15 is 0 Å². The highest BCUT2D eigenvalue weighted by Crippen LogP contribution is 2.40. The SMILES string of the molecule is CC(C)c1cc(-c2csc([N+](C)(C)c3ccc(N=C(N)c4cccs4)cc3)n2)cc(C(C)C)c1[O-]. The number of benzene rings is 2. The van der Waals surface area contributed by atoms with E-state index in [4.69, 9.17) is 10.7 Å². The number of amidine groups is 1. The van der Waals surface area contributed by atoms with Crippen molar-refractivity contribution in [3.63, 3.8) is 0 Å². The van der Waals surface area contributed by atoms with E-state index < -0.39 is 0 Å². The van der Waals surface area contributed by atoms with Crippen LogP contribution in [-0.2, 0) is 0 Å². The maximum Gasteiger partial charge on any atom is 0.291 e. The third-order valence-electron chi connectivity index (χ3n) is 6.17. The third-order valence-corrected chi connectivity index (χ3v) is 8.17. The van der Waals surface area contributed by atoms with E-state index in [1.807, 2.05) is 41.8 Å². The van der Waals surface area contributed by atoms with E-state index in [9.17, 15) is 5.11 Å². The van der Waals surface area contributed by atoms with E-state index in [0.717, 1.165) is 43.8 Å². The summed E-state index contributed by atoms with van der Waals surface area (Å²) in [6.45, 7) is 8.27. The molecule has 2 aromatic carbocycles. The largest absolute Gasteiger partial charge is 0.872 e. The zero-order chi connectivity index (χ0) is 25.3. The van der Waals surface area contributed by atoms with Crippen LogP contribution in [0.25, 0.3) is 11.3 Å². The summed E-state index contributed by atoms with van der Waals surface area (Å²) in [6.07, 6.45) is 0. The van der Waals surface area contributed by atoms with Gasteiger partial charge in [-0.15, -0.1) is 17.1 Å². The minimum Gasteiger partial charge on any atom is -0.872 e. The molecule has 2 N–H and O–H groups in total. The fourth-order valence-corrected chi connectivity index (χ4v) is 5.52. The monoisotopic (exact) mass is 504 g/mol. The molecule has 0 aliphatic rings. The van der Waals surface area contributed by atoms with E-state index in [0.29, 0.717) is 10.3 Å². The number of hydrogen-bond donors (Lipinski definition) is 1. The van der Waals surface area contributed by atoms with Crippen LogP contribution < -0.4 is 15.3 Å². The molecule has 0 amide bonds. The van der Waals surface area contributed by atoms with Crippen LogP contribution in [-0.4, -0.2) is 24.9 Å². The fourth-order valence-electron chi connectivity index (χ4n) is 3.96. The smallest absolute Gasteiger partial charge is 0.291 e. The summed E-state index contributed by atoms with van der Waals surface area (Å²) in [5, 5.41) is 18.0. The van der Waals surface area contributed by atoms with Gasteiger partial charge in [0.05, 0.1) is 30.4 Å². The summed E-state index contributed by atoms with van der Waals surface area (Å²) >= 11 is 3.21. The first-order valence-corrected chi connectivity index (χ1v) is 13.5. The van der Waals surface area contributed by atoms with Crippen LogP contribution in [0.5, 0.6) is 5.75 Å². The molecule has 0 spiro atoms. The highest BCUT2D eigenvalue weighted by atomic mass is 32.1. The Kier molecular flexibility index (Phi) is 7.12. The van der Waals surface area contributed by atoms with Crippen molar-refractivity contribution >= 4 is 45.0 Å². The Morgan fingerprint density at radius 3 is 2.14 bits per heavy atom. The lowest BCUT2D eigenvalue weighted by molar-refractivity contribution is -0.270. The van der Waals surface area contributed by atoms with Gasteiger partial charge in [0.2, 0.25) is 0 Å². The Bertz CT molecular complexity index is 1300. The predicted molar refractivity (Wildman–Crippen MR) is 150 cm³/mol. The van der Waals surface area contributed by atoms with Crippen LogP contribution >= 0.6 is 22.7 Å². The zero-order valence-corrected chi connectivity index (χ0v) is 22.7. The first-order chi connectivity index (χ1) is 16.6. The highest BCUT2D eigenvalue weighted by molar-refractivity contribution is 7.13. The van der Waals surface area contributed by atoms with Gasteiger partial charge in [-0.2, -0.15) is 4.98 Å². The number of nitrogens with two attached hydrogens (primary N) is 1. The first kappa shape index (κ1) is 25.1. The molecule has 0 saturated carbocycles. The second-order valence-corrected chi connectivity index (χ2v) is 11.5. The molecule has 0 fully saturated rings. The van der Waals surface area contributed by atoms with Gasteiger partial charge in [0, 0.05) is 23.1 Å². The maximum absolute atomic E-state index is 12.9. The average Bonchev–Trinajstić information content (AvgIpc) is 3.52. The maximum atomic E-state index is 12.9. The molecule has 0 radical (unpaired) electrons. The lowest BCUT2D eigenvalue weighted by Crippen LogP contribution is -2.34. The van der Waals surface area contributed by atoms with Crippen molar-refractivity contribution in [1.29, 1.82) is 0 Å². The minimum absolute atomic E-state index is 0.160. The van der Waals surface area contributed by atoms with E-state index in [-0.39, 0.29) is 17.6 Å².